The highest BCUT2D eigenvalue weighted by molar-refractivity contribution is 7.89. The van der Waals surface area contributed by atoms with E-state index in [0.717, 1.165) is 11.5 Å². The van der Waals surface area contributed by atoms with Crippen LogP contribution in [-0.2, 0) is 23.1 Å². The molecule has 0 spiro atoms. The molecule has 0 aliphatic carbocycles. The van der Waals surface area contributed by atoms with Gasteiger partial charge in [-0.25, -0.2) is 12.7 Å². The number of benzene rings is 1. The monoisotopic (exact) mass is 419 g/mol. The predicted molar refractivity (Wildman–Crippen MR) is 110 cm³/mol. The highest BCUT2D eigenvalue weighted by Gasteiger charge is 2.19. The van der Waals surface area contributed by atoms with Gasteiger partial charge in [-0.3, -0.25) is 0 Å². The summed E-state index contributed by atoms with van der Waals surface area (Å²) in [7, 11) is -0.542. The first kappa shape index (κ1) is 20.1. The number of thiocarbonyl (C=S) groups is 1. The Morgan fingerprint density at radius 2 is 1.61 bits per heavy atom. The van der Waals surface area contributed by atoms with E-state index in [4.69, 9.17) is 21.1 Å². The highest BCUT2D eigenvalue weighted by atomic mass is 32.2. The molecule has 0 saturated carbocycles. The Labute approximate surface area is 169 Å². The van der Waals surface area contributed by atoms with Crippen LogP contribution in [0.25, 0.3) is 0 Å². The van der Waals surface area contributed by atoms with Gasteiger partial charge in [0.25, 0.3) is 0 Å². The van der Waals surface area contributed by atoms with Crippen molar-refractivity contribution in [1.29, 1.82) is 0 Å². The zero-order valence-corrected chi connectivity index (χ0v) is 17.2. The Kier molecular flexibility index (Phi) is 6.18. The molecule has 0 saturated heterocycles. The third kappa shape index (κ3) is 4.80. The van der Waals surface area contributed by atoms with Crippen LogP contribution in [0.1, 0.15) is 11.5 Å². The Morgan fingerprint density at radius 1 is 1.00 bits per heavy atom. The Balaban J connectivity index is 1.79. The van der Waals surface area contributed by atoms with Gasteiger partial charge < -0.3 is 19.1 Å². The molecule has 1 aromatic carbocycles. The Morgan fingerprint density at radius 3 is 2.11 bits per heavy atom. The van der Waals surface area contributed by atoms with Crippen LogP contribution >= 0.6 is 12.2 Å². The van der Waals surface area contributed by atoms with E-state index in [1.54, 1.807) is 36.8 Å². The minimum atomic E-state index is -3.53. The minimum absolute atomic E-state index is 0.189. The fraction of sp³-hybridized carbons (Fsp3) is 0.211. The third-order valence-corrected chi connectivity index (χ3v) is 6.18. The number of furan rings is 2. The molecule has 0 aliphatic heterocycles. The van der Waals surface area contributed by atoms with Crippen LogP contribution in [0, 0.1) is 0 Å². The number of hydrogen-bond acceptors (Lipinski definition) is 5. The normalized spacial score (nSPS) is 11.5. The van der Waals surface area contributed by atoms with Crippen LogP contribution < -0.4 is 5.32 Å². The van der Waals surface area contributed by atoms with Crippen LogP contribution in [0.2, 0.25) is 0 Å². The molecule has 0 atom stereocenters. The van der Waals surface area contributed by atoms with Gasteiger partial charge in [0.1, 0.15) is 11.5 Å². The summed E-state index contributed by atoms with van der Waals surface area (Å²) in [6.45, 7) is 0.879. The van der Waals surface area contributed by atoms with Gasteiger partial charge in [0.15, 0.2) is 5.11 Å². The quantitative estimate of drug-likeness (QED) is 0.587. The van der Waals surface area contributed by atoms with E-state index in [2.05, 4.69) is 5.32 Å². The number of rotatable bonds is 7. The Bertz CT molecular complexity index is 977. The summed E-state index contributed by atoms with van der Waals surface area (Å²) >= 11 is 5.56. The maximum Gasteiger partial charge on any atom is 0.242 e. The van der Waals surface area contributed by atoms with Gasteiger partial charge in [0.2, 0.25) is 10.0 Å². The van der Waals surface area contributed by atoms with Gasteiger partial charge in [0.05, 0.1) is 30.5 Å². The van der Waals surface area contributed by atoms with E-state index in [1.165, 1.54) is 18.4 Å². The second-order valence-electron chi connectivity index (χ2n) is 6.26. The molecule has 148 valence electrons. The molecular formula is C19H21N3O4S2. The van der Waals surface area contributed by atoms with Gasteiger partial charge in [-0.15, -0.1) is 0 Å². The van der Waals surface area contributed by atoms with Crippen LogP contribution in [0.4, 0.5) is 5.69 Å². The molecule has 3 aromatic rings. The lowest BCUT2D eigenvalue weighted by atomic mass is 10.3. The molecule has 2 heterocycles. The number of sulfonamides is 1. The topological polar surface area (TPSA) is 78.9 Å². The summed E-state index contributed by atoms with van der Waals surface area (Å²) in [5, 5.41) is 3.53. The van der Waals surface area contributed by atoms with Gasteiger partial charge in [-0.2, -0.15) is 0 Å². The third-order valence-electron chi connectivity index (χ3n) is 4.00. The van der Waals surface area contributed by atoms with Gasteiger partial charge in [0, 0.05) is 19.8 Å². The second-order valence-corrected chi connectivity index (χ2v) is 8.80. The van der Waals surface area contributed by atoms with Crippen LogP contribution in [0.5, 0.6) is 0 Å². The van der Waals surface area contributed by atoms with Crippen LogP contribution in [-0.4, -0.2) is 36.8 Å². The molecule has 7 nitrogen and oxygen atoms in total. The number of anilines is 1. The molecule has 0 unspecified atom stereocenters. The SMILES string of the molecule is CN(C)S(=O)(=O)c1cccc(NC(=S)N(Cc2ccco2)Cc2ccco2)c1. The van der Waals surface area contributed by atoms with Crippen molar-refractivity contribution in [3.05, 3.63) is 72.6 Å². The average Bonchev–Trinajstić information content (AvgIpc) is 3.35. The van der Waals surface area contributed by atoms with E-state index < -0.39 is 10.0 Å². The average molecular weight is 420 g/mol. The van der Waals surface area contributed by atoms with Gasteiger partial charge in [-0.05, 0) is 54.7 Å². The van der Waals surface area contributed by atoms with Gasteiger partial charge in [-0.1, -0.05) is 6.07 Å². The molecule has 1 N–H and O–H groups in total. The summed E-state index contributed by atoms with van der Waals surface area (Å²) in [6.07, 6.45) is 3.21. The molecule has 0 bridgehead atoms. The van der Waals surface area contributed by atoms with Crippen molar-refractivity contribution in [1.82, 2.24) is 9.21 Å². The number of hydrogen-bond donors (Lipinski definition) is 1. The molecule has 2 aromatic heterocycles. The molecule has 28 heavy (non-hydrogen) atoms. The zero-order chi connectivity index (χ0) is 20.1. The van der Waals surface area contributed by atoms with Crippen LogP contribution in [0.15, 0.2) is 74.8 Å². The van der Waals surface area contributed by atoms with E-state index in [1.807, 2.05) is 29.2 Å². The van der Waals surface area contributed by atoms with Crippen molar-refractivity contribution in [2.24, 2.45) is 0 Å². The summed E-state index contributed by atoms with van der Waals surface area (Å²) < 4.78 is 36.7. The maximum absolute atomic E-state index is 12.4. The highest BCUT2D eigenvalue weighted by Crippen LogP contribution is 2.19. The molecule has 3 rings (SSSR count). The predicted octanol–water partition coefficient (Wildman–Crippen LogP) is 3.52. The summed E-state index contributed by atoms with van der Waals surface area (Å²) in [5.74, 6) is 1.50. The minimum Gasteiger partial charge on any atom is -0.467 e. The lowest BCUT2D eigenvalue weighted by Crippen LogP contribution is -2.33. The summed E-state index contributed by atoms with van der Waals surface area (Å²) in [4.78, 5) is 2.06. The molecule has 0 fully saturated rings. The van der Waals surface area contributed by atoms with Gasteiger partial charge >= 0.3 is 0 Å². The first-order valence-electron chi connectivity index (χ1n) is 8.49. The van der Waals surface area contributed by atoms with Crippen molar-refractivity contribution < 1.29 is 17.3 Å². The lowest BCUT2D eigenvalue weighted by Gasteiger charge is -2.24. The fourth-order valence-electron chi connectivity index (χ4n) is 2.53. The largest absolute Gasteiger partial charge is 0.467 e. The Hall–Kier alpha value is -2.62. The number of nitrogens with zero attached hydrogens (tertiary/aromatic N) is 2. The molecular weight excluding hydrogens is 398 g/mol. The van der Waals surface area contributed by atoms with Crippen molar-refractivity contribution in [3.8, 4) is 0 Å². The van der Waals surface area contributed by atoms with Crippen molar-refractivity contribution >= 4 is 33.0 Å². The first-order valence-corrected chi connectivity index (χ1v) is 10.3. The maximum atomic E-state index is 12.4. The van der Waals surface area contributed by atoms with E-state index in [0.29, 0.717) is 23.9 Å². The van der Waals surface area contributed by atoms with E-state index in [-0.39, 0.29) is 4.90 Å². The second kappa shape index (κ2) is 8.59. The van der Waals surface area contributed by atoms with Crippen molar-refractivity contribution in [2.75, 3.05) is 19.4 Å². The van der Waals surface area contributed by atoms with Crippen molar-refractivity contribution in [3.63, 3.8) is 0 Å². The zero-order valence-electron chi connectivity index (χ0n) is 15.5. The van der Waals surface area contributed by atoms with Crippen LogP contribution in [0.3, 0.4) is 0 Å². The van der Waals surface area contributed by atoms with Crippen molar-refractivity contribution in [2.45, 2.75) is 18.0 Å². The van der Waals surface area contributed by atoms with E-state index in [9.17, 15) is 8.42 Å². The number of nitrogens with one attached hydrogen (secondary N) is 1. The lowest BCUT2D eigenvalue weighted by molar-refractivity contribution is 0.329. The molecule has 0 amide bonds. The standard InChI is InChI=1S/C19H21N3O4S2/c1-21(2)28(23,24)18-9-3-6-15(12-18)20-19(27)22(13-16-7-4-10-25-16)14-17-8-5-11-26-17/h3-12H,13-14H2,1-2H3,(H,20,27). The molecule has 0 aliphatic rings. The summed E-state index contributed by atoms with van der Waals surface area (Å²) in [5.41, 5.74) is 0.580. The fourth-order valence-corrected chi connectivity index (χ4v) is 3.72. The smallest absolute Gasteiger partial charge is 0.242 e. The first-order chi connectivity index (χ1) is 13.4. The molecule has 9 heteroatoms. The summed E-state index contributed by atoms with van der Waals surface area (Å²) in [6, 6.07) is 13.9. The van der Waals surface area contributed by atoms with E-state index >= 15 is 0 Å². The molecule has 0 radical (unpaired) electrons.